The second kappa shape index (κ2) is 8.15. The molecule has 0 bridgehead atoms. The number of H-pyrrole nitrogens is 1. The molecule has 4 rings (SSSR count). The van der Waals surface area contributed by atoms with E-state index in [1.165, 1.54) is 0 Å². The van der Waals surface area contributed by atoms with Gasteiger partial charge in [-0.25, -0.2) is 9.78 Å². The van der Waals surface area contributed by atoms with Crippen molar-refractivity contribution in [2.75, 3.05) is 25.1 Å². The van der Waals surface area contributed by atoms with Gasteiger partial charge in [-0.1, -0.05) is 6.07 Å². The molecular formula is C20H20N4O5S. The fraction of sp³-hybridized carbons (Fsp3) is 0.300. The van der Waals surface area contributed by atoms with Crippen LogP contribution >= 0.6 is 11.3 Å². The molecule has 1 aliphatic rings. The molecule has 0 saturated heterocycles. The van der Waals surface area contributed by atoms with Crippen LogP contribution < -0.4 is 20.9 Å². The van der Waals surface area contributed by atoms with Crippen LogP contribution in [0.4, 0.5) is 5.69 Å². The number of nitrogens with zero attached hydrogens (tertiary/aromatic N) is 1. The van der Waals surface area contributed by atoms with E-state index < -0.39 is 17.4 Å². The molecule has 0 spiro atoms. The van der Waals surface area contributed by atoms with Gasteiger partial charge in [-0.2, -0.15) is 0 Å². The monoisotopic (exact) mass is 428 g/mol. The molecule has 1 aromatic carbocycles. The Labute approximate surface area is 175 Å². The van der Waals surface area contributed by atoms with Gasteiger partial charge in [-0.3, -0.25) is 9.59 Å². The number of nitrogens with one attached hydrogen (secondary N) is 3. The maximum atomic E-state index is 12.6. The molecule has 0 saturated carbocycles. The van der Waals surface area contributed by atoms with Crippen LogP contribution in [0, 0.1) is 6.92 Å². The number of esters is 1. The van der Waals surface area contributed by atoms with Gasteiger partial charge < -0.3 is 25.1 Å². The highest BCUT2D eigenvalue weighted by molar-refractivity contribution is 7.20. The number of aromatic nitrogens is 2. The Kier molecular flexibility index (Phi) is 5.40. The minimum atomic E-state index is -0.514. The Morgan fingerprint density at radius 3 is 3.00 bits per heavy atom. The number of anilines is 1. The molecule has 3 N–H and O–H groups in total. The van der Waals surface area contributed by atoms with Crippen LogP contribution in [0.1, 0.15) is 38.3 Å². The van der Waals surface area contributed by atoms with E-state index in [9.17, 15) is 14.4 Å². The number of aromatic amines is 1. The predicted molar refractivity (Wildman–Crippen MR) is 113 cm³/mol. The zero-order valence-corrected chi connectivity index (χ0v) is 17.3. The molecule has 3 heterocycles. The second-order valence-corrected chi connectivity index (χ2v) is 7.66. The molecule has 0 aliphatic carbocycles. The minimum Gasteiger partial charge on any atom is -0.490 e. The van der Waals surface area contributed by atoms with Gasteiger partial charge in [0.25, 0.3) is 11.5 Å². The van der Waals surface area contributed by atoms with Crippen molar-refractivity contribution in [1.29, 1.82) is 0 Å². The van der Waals surface area contributed by atoms with E-state index >= 15 is 0 Å². The Morgan fingerprint density at radius 2 is 2.20 bits per heavy atom. The number of carbonyl (C=O) groups excluding carboxylic acids is 2. The summed E-state index contributed by atoms with van der Waals surface area (Å²) in [5.74, 6) is -0.352. The van der Waals surface area contributed by atoms with Crippen molar-refractivity contribution >= 4 is 39.1 Å². The molecule has 0 fully saturated rings. The average Bonchev–Trinajstić information content (AvgIpc) is 3.09. The third-order valence-electron chi connectivity index (χ3n) is 4.65. The summed E-state index contributed by atoms with van der Waals surface area (Å²) in [6, 6.07) is 5.61. The zero-order valence-electron chi connectivity index (χ0n) is 16.5. The molecule has 0 radical (unpaired) electrons. The molecule has 30 heavy (non-hydrogen) atoms. The van der Waals surface area contributed by atoms with Crippen molar-refractivity contribution in [1.82, 2.24) is 15.3 Å². The SMILES string of the molecule is CCOC(=O)c1sc2nc(C(=O)NCc3ccc4c(c3)NCCO4)[nH]c(=O)c2c1C. The van der Waals surface area contributed by atoms with Crippen LogP contribution in [-0.2, 0) is 11.3 Å². The van der Waals surface area contributed by atoms with Crippen molar-refractivity contribution < 1.29 is 19.1 Å². The van der Waals surface area contributed by atoms with E-state index in [0.717, 1.165) is 34.9 Å². The van der Waals surface area contributed by atoms with Crippen LogP contribution in [-0.4, -0.2) is 41.6 Å². The average molecular weight is 428 g/mol. The van der Waals surface area contributed by atoms with Gasteiger partial charge in [-0.05, 0) is 37.1 Å². The van der Waals surface area contributed by atoms with Crippen LogP contribution in [0.3, 0.4) is 0 Å². The number of hydrogen-bond acceptors (Lipinski definition) is 8. The minimum absolute atomic E-state index is 0.108. The first-order valence-electron chi connectivity index (χ1n) is 9.46. The first-order valence-corrected chi connectivity index (χ1v) is 10.3. The maximum absolute atomic E-state index is 12.6. The normalized spacial score (nSPS) is 12.6. The summed E-state index contributed by atoms with van der Waals surface area (Å²) < 4.78 is 10.6. The topological polar surface area (TPSA) is 122 Å². The van der Waals surface area contributed by atoms with E-state index in [4.69, 9.17) is 9.47 Å². The third kappa shape index (κ3) is 3.73. The highest BCUT2D eigenvalue weighted by atomic mass is 32.1. The lowest BCUT2D eigenvalue weighted by molar-refractivity contribution is 0.0531. The fourth-order valence-electron chi connectivity index (χ4n) is 3.21. The van der Waals surface area contributed by atoms with E-state index in [0.29, 0.717) is 27.3 Å². The number of ether oxygens (including phenoxy) is 2. The zero-order chi connectivity index (χ0) is 21.3. The lowest BCUT2D eigenvalue weighted by Crippen LogP contribution is -2.27. The van der Waals surface area contributed by atoms with Gasteiger partial charge in [0.1, 0.15) is 22.1 Å². The van der Waals surface area contributed by atoms with Gasteiger partial charge in [0.2, 0.25) is 5.82 Å². The molecule has 10 heteroatoms. The van der Waals surface area contributed by atoms with E-state index in [1.54, 1.807) is 13.8 Å². The van der Waals surface area contributed by atoms with Crippen molar-refractivity contribution in [2.24, 2.45) is 0 Å². The van der Waals surface area contributed by atoms with E-state index in [-0.39, 0.29) is 19.0 Å². The maximum Gasteiger partial charge on any atom is 0.348 e. The van der Waals surface area contributed by atoms with Crippen LogP contribution in [0.2, 0.25) is 0 Å². The second-order valence-electron chi connectivity index (χ2n) is 6.66. The standard InChI is InChI=1S/C20H20N4O5S/c1-3-28-20(27)15-10(2)14-17(25)23-16(24-19(14)30-15)18(26)22-9-11-4-5-13-12(8-11)21-6-7-29-13/h4-5,8,21H,3,6-7,9H2,1-2H3,(H,22,26)(H,23,24,25). The number of hydrogen-bond donors (Lipinski definition) is 3. The van der Waals surface area contributed by atoms with Crippen molar-refractivity contribution in [3.63, 3.8) is 0 Å². The number of rotatable bonds is 5. The summed E-state index contributed by atoms with van der Waals surface area (Å²) in [4.78, 5) is 44.5. The number of carbonyl (C=O) groups is 2. The highest BCUT2D eigenvalue weighted by Gasteiger charge is 2.21. The van der Waals surface area contributed by atoms with Gasteiger partial charge in [0.05, 0.1) is 17.7 Å². The van der Waals surface area contributed by atoms with Gasteiger partial charge in [0, 0.05) is 13.1 Å². The van der Waals surface area contributed by atoms with Crippen molar-refractivity contribution in [2.45, 2.75) is 20.4 Å². The highest BCUT2D eigenvalue weighted by Crippen LogP contribution is 2.29. The smallest absolute Gasteiger partial charge is 0.348 e. The largest absolute Gasteiger partial charge is 0.490 e. The summed E-state index contributed by atoms with van der Waals surface area (Å²) in [6.45, 7) is 5.20. The van der Waals surface area contributed by atoms with Crippen molar-refractivity contribution in [3.05, 3.63) is 50.4 Å². The molecule has 156 valence electrons. The summed E-state index contributed by atoms with van der Waals surface area (Å²) in [5.41, 5.74) is 1.78. The molecule has 0 atom stereocenters. The third-order valence-corrected chi connectivity index (χ3v) is 5.81. The van der Waals surface area contributed by atoms with Crippen LogP contribution in [0.25, 0.3) is 10.2 Å². The Balaban J connectivity index is 1.54. The summed E-state index contributed by atoms with van der Waals surface area (Å²) in [6.07, 6.45) is 0. The molecule has 9 nitrogen and oxygen atoms in total. The van der Waals surface area contributed by atoms with E-state index in [2.05, 4.69) is 20.6 Å². The molecule has 3 aromatic rings. The van der Waals surface area contributed by atoms with Crippen LogP contribution in [0.5, 0.6) is 5.75 Å². The molecular weight excluding hydrogens is 408 g/mol. The Hall–Kier alpha value is -3.40. The van der Waals surface area contributed by atoms with Gasteiger partial charge in [0.15, 0.2) is 0 Å². The number of thiophene rings is 1. The number of amides is 1. The molecule has 0 unspecified atom stereocenters. The van der Waals surface area contributed by atoms with Gasteiger partial charge >= 0.3 is 5.97 Å². The quantitative estimate of drug-likeness (QED) is 0.533. The fourth-order valence-corrected chi connectivity index (χ4v) is 4.28. The summed E-state index contributed by atoms with van der Waals surface area (Å²) in [7, 11) is 0. The Morgan fingerprint density at radius 1 is 1.37 bits per heavy atom. The molecule has 2 aromatic heterocycles. The summed E-state index contributed by atoms with van der Waals surface area (Å²) in [5, 5.41) is 6.28. The lowest BCUT2D eigenvalue weighted by Gasteiger charge is -2.19. The van der Waals surface area contributed by atoms with Crippen LogP contribution in [0.15, 0.2) is 23.0 Å². The number of fused-ring (bicyclic) bond motifs is 2. The predicted octanol–water partition coefficient (Wildman–Crippen LogP) is 2.20. The Bertz CT molecular complexity index is 1200. The molecule has 1 amide bonds. The first kappa shape index (κ1) is 19.9. The molecule has 1 aliphatic heterocycles. The number of aryl methyl sites for hydroxylation is 1. The lowest BCUT2D eigenvalue weighted by atomic mass is 10.1. The first-order chi connectivity index (χ1) is 14.5. The summed E-state index contributed by atoms with van der Waals surface area (Å²) >= 11 is 1.04. The number of benzene rings is 1. The van der Waals surface area contributed by atoms with E-state index in [1.807, 2.05) is 18.2 Å². The van der Waals surface area contributed by atoms with Crippen molar-refractivity contribution in [3.8, 4) is 5.75 Å². The van der Waals surface area contributed by atoms with Gasteiger partial charge in [-0.15, -0.1) is 11.3 Å².